The van der Waals surface area contributed by atoms with Gasteiger partial charge in [0.2, 0.25) is 10.0 Å². The molecule has 2 saturated heterocycles. The summed E-state index contributed by atoms with van der Waals surface area (Å²) < 4.78 is 38.3. The molecule has 8 heteroatoms. The first-order valence-corrected chi connectivity index (χ1v) is 11.1. The summed E-state index contributed by atoms with van der Waals surface area (Å²) in [7, 11) is -3.64. The molecule has 0 N–H and O–H groups in total. The molecule has 2 fully saturated rings. The largest absolute Gasteiger partial charge is 0.379 e. The molecule has 2 aromatic rings. The molecule has 1 unspecified atom stereocenters. The van der Waals surface area contributed by atoms with Crippen molar-refractivity contribution >= 4 is 15.9 Å². The summed E-state index contributed by atoms with van der Waals surface area (Å²) in [4.78, 5) is 14.9. The van der Waals surface area contributed by atoms with Crippen LogP contribution in [0.2, 0.25) is 0 Å². The highest BCUT2D eigenvalue weighted by atomic mass is 32.2. The van der Waals surface area contributed by atoms with Gasteiger partial charge in [0, 0.05) is 25.2 Å². The van der Waals surface area contributed by atoms with Gasteiger partial charge in [0.05, 0.1) is 31.3 Å². The van der Waals surface area contributed by atoms with E-state index in [1.807, 2.05) is 30.3 Å². The molecule has 0 bridgehead atoms. The fourth-order valence-electron chi connectivity index (χ4n) is 3.61. The number of ether oxygens (including phenoxy) is 2. The molecule has 1 atom stereocenters. The Morgan fingerprint density at radius 3 is 2.45 bits per heavy atom. The van der Waals surface area contributed by atoms with Crippen molar-refractivity contribution < 1.29 is 22.7 Å². The van der Waals surface area contributed by atoms with E-state index in [4.69, 9.17) is 9.47 Å². The number of carbonyl (C=O) groups excluding carboxylic acids is 1. The van der Waals surface area contributed by atoms with E-state index in [0.29, 0.717) is 51.6 Å². The number of sulfonamides is 1. The predicted octanol–water partition coefficient (Wildman–Crippen LogP) is 1.92. The Bertz CT molecular complexity index is 958. The maximum absolute atomic E-state index is 13.1. The number of hydrogen-bond acceptors (Lipinski definition) is 5. The van der Waals surface area contributed by atoms with E-state index in [2.05, 4.69) is 0 Å². The van der Waals surface area contributed by atoms with Crippen molar-refractivity contribution in [2.75, 3.05) is 46.0 Å². The number of rotatable bonds is 4. The molecule has 2 aromatic carbocycles. The fourth-order valence-corrected chi connectivity index (χ4v) is 5.07. The number of nitrogens with zero attached hydrogens (tertiary/aromatic N) is 2. The molecule has 0 aliphatic carbocycles. The second kappa shape index (κ2) is 8.62. The van der Waals surface area contributed by atoms with Gasteiger partial charge in [0.15, 0.2) is 0 Å². The minimum Gasteiger partial charge on any atom is -0.379 e. The third kappa shape index (κ3) is 4.35. The molecular weight excluding hydrogens is 392 g/mol. The van der Waals surface area contributed by atoms with Gasteiger partial charge in [-0.3, -0.25) is 4.79 Å². The maximum atomic E-state index is 13.1. The Balaban J connectivity index is 1.52. The van der Waals surface area contributed by atoms with Gasteiger partial charge in [0.1, 0.15) is 6.10 Å². The highest BCUT2D eigenvalue weighted by molar-refractivity contribution is 7.89. The second-order valence-electron chi connectivity index (χ2n) is 7.07. The molecule has 154 valence electrons. The molecule has 2 aliphatic heterocycles. The van der Waals surface area contributed by atoms with Gasteiger partial charge in [-0.25, -0.2) is 8.42 Å². The fraction of sp³-hybridized carbons (Fsp3) is 0.381. The summed E-state index contributed by atoms with van der Waals surface area (Å²) in [5.41, 5.74) is 1.39. The number of carbonyl (C=O) groups is 1. The van der Waals surface area contributed by atoms with Crippen LogP contribution in [-0.2, 0) is 19.5 Å². The first-order valence-electron chi connectivity index (χ1n) is 9.69. The molecule has 2 heterocycles. The smallest absolute Gasteiger partial charge is 0.254 e. The molecule has 0 spiro atoms. The standard InChI is InChI=1S/C21H24N2O5S/c24-21(22-9-14-28-20(16-22)17-5-2-1-3-6-17)18-7-4-8-19(15-18)29(25,26)23-10-12-27-13-11-23/h1-8,15,20H,9-14,16H2. The lowest BCUT2D eigenvalue weighted by Gasteiger charge is -2.33. The molecule has 1 amide bonds. The van der Waals surface area contributed by atoms with E-state index in [9.17, 15) is 13.2 Å². The monoisotopic (exact) mass is 416 g/mol. The number of hydrogen-bond donors (Lipinski definition) is 0. The zero-order valence-electron chi connectivity index (χ0n) is 16.1. The summed E-state index contributed by atoms with van der Waals surface area (Å²) >= 11 is 0. The van der Waals surface area contributed by atoms with Gasteiger partial charge in [-0.15, -0.1) is 0 Å². The van der Waals surface area contributed by atoms with Crippen molar-refractivity contribution in [2.24, 2.45) is 0 Å². The maximum Gasteiger partial charge on any atom is 0.254 e. The Morgan fingerprint density at radius 2 is 1.69 bits per heavy atom. The summed E-state index contributed by atoms with van der Waals surface area (Å²) in [6.45, 7) is 2.76. The lowest BCUT2D eigenvalue weighted by Crippen LogP contribution is -2.42. The minimum atomic E-state index is -3.64. The van der Waals surface area contributed by atoms with Gasteiger partial charge < -0.3 is 14.4 Å². The molecular formula is C21H24N2O5S. The van der Waals surface area contributed by atoms with Gasteiger partial charge in [0.25, 0.3) is 5.91 Å². The summed E-state index contributed by atoms with van der Waals surface area (Å²) in [5, 5.41) is 0. The highest BCUT2D eigenvalue weighted by Crippen LogP contribution is 2.24. The number of amides is 1. The van der Waals surface area contributed by atoms with E-state index >= 15 is 0 Å². The van der Waals surface area contributed by atoms with Crippen LogP contribution in [0.25, 0.3) is 0 Å². The van der Waals surface area contributed by atoms with Crippen LogP contribution in [0.3, 0.4) is 0 Å². The molecule has 0 aromatic heterocycles. The van der Waals surface area contributed by atoms with Crippen LogP contribution in [0, 0.1) is 0 Å². The molecule has 29 heavy (non-hydrogen) atoms. The zero-order valence-corrected chi connectivity index (χ0v) is 16.9. The van der Waals surface area contributed by atoms with Crippen LogP contribution < -0.4 is 0 Å². The zero-order chi connectivity index (χ0) is 20.3. The number of benzene rings is 2. The first-order chi connectivity index (χ1) is 14.1. The Morgan fingerprint density at radius 1 is 0.931 bits per heavy atom. The van der Waals surface area contributed by atoms with E-state index < -0.39 is 10.0 Å². The first kappa shape index (κ1) is 20.0. The topological polar surface area (TPSA) is 76.2 Å². The highest BCUT2D eigenvalue weighted by Gasteiger charge is 2.29. The van der Waals surface area contributed by atoms with Crippen LogP contribution in [0.1, 0.15) is 22.0 Å². The van der Waals surface area contributed by atoms with Gasteiger partial charge in [-0.05, 0) is 23.8 Å². The van der Waals surface area contributed by atoms with Crippen molar-refractivity contribution in [2.45, 2.75) is 11.0 Å². The quantitative estimate of drug-likeness (QED) is 0.761. The van der Waals surface area contributed by atoms with Crippen molar-refractivity contribution in [3.05, 3.63) is 65.7 Å². The van der Waals surface area contributed by atoms with Gasteiger partial charge in [-0.1, -0.05) is 36.4 Å². The third-order valence-corrected chi connectivity index (χ3v) is 7.11. The number of morpholine rings is 2. The molecule has 0 saturated carbocycles. The van der Waals surface area contributed by atoms with Crippen molar-refractivity contribution in [3.63, 3.8) is 0 Å². The van der Waals surface area contributed by atoms with Crippen LogP contribution in [-0.4, -0.2) is 69.5 Å². The van der Waals surface area contributed by atoms with Crippen molar-refractivity contribution in [3.8, 4) is 0 Å². The Labute approximate surface area is 170 Å². The van der Waals surface area contributed by atoms with Crippen molar-refractivity contribution in [1.82, 2.24) is 9.21 Å². The van der Waals surface area contributed by atoms with Gasteiger partial charge >= 0.3 is 0 Å². The minimum absolute atomic E-state index is 0.137. The van der Waals surface area contributed by atoms with Crippen LogP contribution in [0.5, 0.6) is 0 Å². The second-order valence-corrected chi connectivity index (χ2v) is 9.00. The SMILES string of the molecule is O=C(c1cccc(S(=O)(=O)N2CCOCC2)c1)N1CCOC(c2ccccc2)C1. The molecule has 2 aliphatic rings. The Kier molecular flexibility index (Phi) is 5.96. The summed E-state index contributed by atoms with van der Waals surface area (Å²) in [6, 6.07) is 16.1. The average Bonchev–Trinajstić information content (AvgIpc) is 2.80. The van der Waals surface area contributed by atoms with Crippen LogP contribution >= 0.6 is 0 Å². The predicted molar refractivity (Wildman–Crippen MR) is 107 cm³/mol. The molecule has 7 nitrogen and oxygen atoms in total. The average molecular weight is 416 g/mol. The normalized spacial score (nSPS) is 21.1. The van der Waals surface area contributed by atoms with E-state index in [1.165, 1.54) is 16.4 Å². The van der Waals surface area contributed by atoms with E-state index in [-0.39, 0.29) is 16.9 Å². The van der Waals surface area contributed by atoms with Crippen molar-refractivity contribution in [1.29, 1.82) is 0 Å². The lowest BCUT2D eigenvalue weighted by atomic mass is 10.1. The van der Waals surface area contributed by atoms with E-state index in [0.717, 1.165) is 5.56 Å². The Hall–Kier alpha value is -2.26. The van der Waals surface area contributed by atoms with Crippen LogP contribution in [0.15, 0.2) is 59.5 Å². The molecule has 4 rings (SSSR count). The molecule has 0 radical (unpaired) electrons. The lowest BCUT2D eigenvalue weighted by molar-refractivity contribution is -0.0228. The summed E-state index contributed by atoms with van der Waals surface area (Å²) in [5.74, 6) is -0.187. The third-order valence-electron chi connectivity index (χ3n) is 5.21. The van der Waals surface area contributed by atoms with Gasteiger partial charge in [-0.2, -0.15) is 4.31 Å². The van der Waals surface area contributed by atoms with E-state index in [1.54, 1.807) is 17.0 Å². The van der Waals surface area contributed by atoms with Crippen LogP contribution in [0.4, 0.5) is 0 Å². The summed E-state index contributed by atoms with van der Waals surface area (Å²) in [6.07, 6.45) is -0.186.